The lowest BCUT2D eigenvalue weighted by atomic mass is 10.1. The van der Waals surface area contributed by atoms with E-state index < -0.39 is 18.1 Å². The highest BCUT2D eigenvalue weighted by Crippen LogP contribution is 2.44. The van der Waals surface area contributed by atoms with E-state index in [1.54, 1.807) is 0 Å². The van der Waals surface area contributed by atoms with Crippen LogP contribution < -0.4 is 5.73 Å². The van der Waals surface area contributed by atoms with Crippen molar-refractivity contribution in [3.8, 4) is 0 Å². The number of thiophene rings is 1. The third-order valence-corrected chi connectivity index (χ3v) is 2.98. The van der Waals surface area contributed by atoms with Crippen LogP contribution in [0.15, 0.2) is 12.1 Å². The molecule has 0 aliphatic rings. The summed E-state index contributed by atoms with van der Waals surface area (Å²) in [6.07, 6.45) is -5.66. The molecule has 1 aromatic heterocycles. The topological polar surface area (TPSA) is 26.0 Å². The number of hydrogen-bond donors (Lipinski definition) is 1. The predicted octanol–water partition coefficient (Wildman–Crippen LogP) is 4.02. The van der Waals surface area contributed by atoms with Gasteiger partial charge in [0, 0.05) is 4.88 Å². The van der Waals surface area contributed by atoms with Gasteiger partial charge in [-0.15, -0.1) is 23.7 Å². The van der Waals surface area contributed by atoms with E-state index in [9.17, 15) is 22.0 Å². The third-order valence-electron chi connectivity index (χ3n) is 1.67. The number of alkyl halides is 5. The van der Waals surface area contributed by atoms with Crippen molar-refractivity contribution in [3.63, 3.8) is 0 Å². The van der Waals surface area contributed by atoms with E-state index in [-0.39, 0.29) is 21.6 Å². The third kappa shape index (κ3) is 2.97. The van der Waals surface area contributed by atoms with E-state index in [1.807, 2.05) is 0 Å². The van der Waals surface area contributed by atoms with E-state index in [0.29, 0.717) is 11.3 Å². The molecule has 0 unspecified atom stereocenters. The minimum Gasteiger partial charge on any atom is -0.318 e. The Balaban J connectivity index is 0.00000225. The van der Waals surface area contributed by atoms with Gasteiger partial charge in [-0.1, -0.05) is 11.6 Å². The van der Waals surface area contributed by atoms with Gasteiger partial charge >= 0.3 is 12.1 Å². The average Bonchev–Trinajstić information content (AvgIpc) is 2.48. The summed E-state index contributed by atoms with van der Waals surface area (Å²) in [5.41, 5.74) is 4.85. The summed E-state index contributed by atoms with van der Waals surface area (Å²) in [7, 11) is 0. The summed E-state index contributed by atoms with van der Waals surface area (Å²) in [4.78, 5) is -0.303. The smallest absolute Gasteiger partial charge is 0.318 e. The molecule has 1 rings (SSSR count). The molecule has 0 bridgehead atoms. The Morgan fingerprint density at radius 2 is 1.69 bits per heavy atom. The Labute approximate surface area is 103 Å². The van der Waals surface area contributed by atoms with Gasteiger partial charge in [0.05, 0.1) is 4.34 Å². The van der Waals surface area contributed by atoms with Crippen molar-refractivity contribution in [2.75, 3.05) is 0 Å². The molecule has 0 fully saturated rings. The fourth-order valence-corrected chi connectivity index (χ4v) is 1.95. The molecule has 0 spiro atoms. The van der Waals surface area contributed by atoms with E-state index in [1.165, 1.54) is 6.07 Å². The van der Waals surface area contributed by atoms with Crippen LogP contribution in [0.4, 0.5) is 22.0 Å². The first-order chi connectivity index (χ1) is 6.66. The zero-order chi connectivity index (χ0) is 11.9. The Morgan fingerprint density at radius 3 is 2.00 bits per heavy atom. The Hall–Kier alpha value is -0.110. The molecule has 9 heteroatoms. The van der Waals surface area contributed by atoms with Crippen LogP contribution >= 0.6 is 35.3 Å². The lowest BCUT2D eigenvalue weighted by Crippen LogP contribution is -2.45. The molecule has 94 valence electrons. The monoisotopic (exact) mass is 301 g/mol. The normalized spacial score (nSPS) is 14.4. The molecule has 0 radical (unpaired) electrons. The summed E-state index contributed by atoms with van der Waals surface area (Å²) in [6, 6.07) is -0.152. The molecule has 0 aliphatic carbocycles. The second kappa shape index (κ2) is 5.03. The zero-order valence-corrected chi connectivity index (χ0v) is 9.78. The van der Waals surface area contributed by atoms with Gasteiger partial charge in [0.15, 0.2) is 0 Å². The molecule has 1 atom stereocenters. The highest BCUT2D eigenvalue weighted by Gasteiger charge is 2.62. The quantitative estimate of drug-likeness (QED) is 0.820. The van der Waals surface area contributed by atoms with Gasteiger partial charge in [0.25, 0.3) is 0 Å². The molecule has 16 heavy (non-hydrogen) atoms. The van der Waals surface area contributed by atoms with Gasteiger partial charge in [-0.3, -0.25) is 0 Å². The maximum Gasteiger partial charge on any atom is 0.455 e. The Morgan fingerprint density at radius 1 is 1.19 bits per heavy atom. The van der Waals surface area contributed by atoms with Crippen molar-refractivity contribution in [2.24, 2.45) is 5.73 Å². The van der Waals surface area contributed by atoms with Crippen LogP contribution in [0.5, 0.6) is 0 Å². The number of halogens is 7. The molecule has 2 N–H and O–H groups in total. The molecule has 1 nitrogen and oxygen atoms in total. The van der Waals surface area contributed by atoms with Gasteiger partial charge in [-0.25, -0.2) is 0 Å². The number of rotatable bonds is 2. The van der Waals surface area contributed by atoms with Crippen LogP contribution in [0.3, 0.4) is 0 Å². The Bertz CT molecular complexity index is 351. The van der Waals surface area contributed by atoms with Crippen molar-refractivity contribution in [3.05, 3.63) is 21.3 Å². The molecular formula is C7H6Cl2F5NS. The molecule has 0 saturated heterocycles. The largest absolute Gasteiger partial charge is 0.455 e. The minimum absolute atomic E-state index is 0. The van der Waals surface area contributed by atoms with Crippen LogP contribution in [0.2, 0.25) is 4.34 Å². The fourth-order valence-electron chi connectivity index (χ4n) is 0.850. The van der Waals surface area contributed by atoms with Crippen LogP contribution in [0.1, 0.15) is 10.9 Å². The van der Waals surface area contributed by atoms with Crippen molar-refractivity contribution in [1.82, 2.24) is 0 Å². The first-order valence-electron chi connectivity index (χ1n) is 3.61. The molecule has 0 amide bonds. The second-order valence-electron chi connectivity index (χ2n) is 2.74. The lowest BCUT2D eigenvalue weighted by molar-refractivity contribution is -0.290. The van der Waals surface area contributed by atoms with Crippen LogP contribution in [0, 0.1) is 0 Å². The molecule has 0 aliphatic heterocycles. The predicted molar refractivity (Wildman–Crippen MR) is 54.5 cm³/mol. The Kier molecular flexibility index (Phi) is 5.00. The number of nitrogens with two attached hydrogens (primary N) is 1. The molecule has 1 heterocycles. The van der Waals surface area contributed by atoms with Crippen molar-refractivity contribution >= 4 is 35.3 Å². The van der Waals surface area contributed by atoms with Gasteiger partial charge in [0.2, 0.25) is 0 Å². The van der Waals surface area contributed by atoms with Gasteiger partial charge in [-0.05, 0) is 12.1 Å². The van der Waals surface area contributed by atoms with Crippen LogP contribution in [0.25, 0.3) is 0 Å². The second-order valence-corrected chi connectivity index (χ2v) is 4.49. The number of hydrogen-bond acceptors (Lipinski definition) is 2. The van der Waals surface area contributed by atoms with E-state index in [4.69, 9.17) is 17.3 Å². The van der Waals surface area contributed by atoms with E-state index in [0.717, 1.165) is 6.07 Å². The highest BCUT2D eigenvalue weighted by atomic mass is 35.5. The van der Waals surface area contributed by atoms with Gasteiger partial charge in [-0.2, -0.15) is 22.0 Å². The maximum atomic E-state index is 12.7. The minimum atomic E-state index is -5.66. The van der Waals surface area contributed by atoms with Crippen molar-refractivity contribution in [2.45, 2.75) is 18.1 Å². The molecule has 0 saturated carbocycles. The first-order valence-corrected chi connectivity index (χ1v) is 4.81. The molecular weight excluding hydrogens is 296 g/mol. The van der Waals surface area contributed by atoms with Gasteiger partial charge < -0.3 is 5.73 Å². The molecule has 1 aromatic rings. The summed E-state index contributed by atoms with van der Waals surface area (Å²) >= 11 is 6.00. The average molecular weight is 302 g/mol. The van der Waals surface area contributed by atoms with Crippen molar-refractivity contribution in [1.29, 1.82) is 0 Å². The highest BCUT2D eigenvalue weighted by molar-refractivity contribution is 7.16. The first kappa shape index (κ1) is 15.9. The maximum absolute atomic E-state index is 12.7. The van der Waals surface area contributed by atoms with Crippen LogP contribution in [-0.2, 0) is 0 Å². The lowest BCUT2D eigenvalue weighted by Gasteiger charge is -2.24. The van der Waals surface area contributed by atoms with Crippen LogP contribution in [-0.4, -0.2) is 12.1 Å². The molecule has 0 aromatic carbocycles. The standard InChI is InChI=1S/C7H5ClF5NS.ClH/c8-4-2-1-3(15-4)5(14)6(9,10)7(11,12)13;/h1-2,5H,14H2;1H/t5-;/m0./s1. The zero-order valence-electron chi connectivity index (χ0n) is 7.39. The van der Waals surface area contributed by atoms with E-state index >= 15 is 0 Å². The van der Waals surface area contributed by atoms with Gasteiger partial charge in [0.1, 0.15) is 6.04 Å². The SMILES string of the molecule is Cl.N[C@@H](c1ccc(Cl)s1)C(F)(F)C(F)(F)F. The summed E-state index contributed by atoms with van der Waals surface area (Å²) in [5.74, 6) is -4.96. The van der Waals surface area contributed by atoms with Crippen molar-refractivity contribution < 1.29 is 22.0 Å². The van der Waals surface area contributed by atoms with E-state index in [2.05, 4.69) is 0 Å². The summed E-state index contributed by atoms with van der Waals surface area (Å²) in [6.45, 7) is 0. The fraction of sp³-hybridized carbons (Fsp3) is 0.429. The summed E-state index contributed by atoms with van der Waals surface area (Å²) in [5, 5.41) is 0. The summed E-state index contributed by atoms with van der Waals surface area (Å²) < 4.78 is 61.3.